The van der Waals surface area contributed by atoms with Crippen LogP contribution in [-0.2, 0) is 15.8 Å². The largest absolute Gasteiger partial charge is 0.370 e. The number of halogens is 4. The third-order valence-corrected chi connectivity index (χ3v) is 5.67. The zero-order chi connectivity index (χ0) is 22.3. The van der Waals surface area contributed by atoms with E-state index in [2.05, 4.69) is 20.3 Å². The highest BCUT2D eigenvalue weighted by atomic mass is 35.5. The van der Waals surface area contributed by atoms with Gasteiger partial charge in [-0.25, -0.2) is 17.8 Å². The number of pyridine rings is 1. The summed E-state index contributed by atoms with van der Waals surface area (Å²) in [6, 6.07) is 5.77. The minimum absolute atomic E-state index is 0.00501. The Morgan fingerprint density at radius 2 is 1.97 bits per heavy atom. The maximum absolute atomic E-state index is 14.0. The molecule has 0 saturated heterocycles. The van der Waals surface area contributed by atoms with Gasteiger partial charge in [0.05, 0.1) is 16.4 Å². The molecule has 0 saturated carbocycles. The highest BCUT2D eigenvalue weighted by Gasteiger charge is 2.31. The molecule has 2 N–H and O–H groups in total. The van der Waals surface area contributed by atoms with E-state index in [-0.39, 0.29) is 27.3 Å². The van der Waals surface area contributed by atoms with E-state index in [1.165, 1.54) is 37.4 Å². The molecule has 30 heavy (non-hydrogen) atoms. The molecular weight excluding hydrogens is 441 g/mol. The maximum atomic E-state index is 14.0. The highest BCUT2D eigenvalue weighted by molar-refractivity contribution is 7.90. The minimum atomic E-state index is -3.64. The van der Waals surface area contributed by atoms with Gasteiger partial charge in [-0.15, -0.1) is 0 Å². The second-order valence-corrected chi connectivity index (χ2v) is 9.20. The van der Waals surface area contributed by atoms with Crippen molar-refractivity contribution in [2.24, 2.45) is 0 Å². The second-order valence-electron chi connectivity index (χ2n) is 6.86. The van der Waals surface area contributed by atoms with Crippen molar-refractivity contribution in [1.82, 2.24) is 15.0 Å². The number of imidazole rings is 1. The molecule has 0 aliphatic rings. The van der Waals surface area contributed by atoms with Crippen LogP contribution >= 0.6 is 11.6 Å². The van der Waals surface area contributed by atoms with Gasteiger partial charge in [0.1, 0.15) is 23.4 Å². The number of aryl methyl sites for hydroxylation is 1. The van der Waals surface area contributed by atoms with Gasteiger partial charge in [0.2, 0.25) is 0 Å². The van der Waals surface area contributed by atoms with E-state index in [9.17, 15) is 21.6 Å². The molecule has 0 fully saturated rings. The zero-order valence-corrected chi connectivity index (χ0v) is 17.7. The summed E-state index contributed by atoms with van der Waals surface area (Å²) >= 11 is 5.90. The van der Waals surface area contributed by atoms with Gasteiger partial charge in [-0.2, -0.15) is 8.78 Å². The summed E-state index contributed by atoms with van der Waals surface area (Å²) in [5.41, 5.74) is 0.157. The predicted octanol–water partition coefficient (Wildman–Crippen LogP) is 4.62. The molecule has 0 aliphatic carbocycles. The van der Waals surface area contributed by atoms with Crippen molar-refractivity contribution in [3.8, 4) is 0 Å². The number of nitrogens with zero attached hydrogens (tertiary/aromatic N) is 2. The van der Waals surface area contributed by atoms with Crippen LogP contribution < -0.4 is 5.32 Å². The molecular formula is C19H18ClF3N4O2S. The van der Waals surface area contributed by atoms with Crippen molar-refractivity contribution < 1.29 is 21.6 Å². The Bertz CT molecular complexity index is 1190. The summed E-state index contributed by atoms with van der Waals surface area (Å²) in [5.74, 6) is -3.77. The number of hydrogen-bond donors (Lipinski definition) is 2. The molecule has 3 aromatic rings. The van der Waals surface area contributed by atoms with Crippen LogP contribution in [0.4, 0.5) is 18.9 Å². The lowest BCUT2D eigenvalue weighted by atomic mass is 10.0. The normalized spacial score (nSPS) is 13.3. The fourth-order valence-electron chi connectivity index (χ4n) is 2.99. The van der Waals surface area contributed by atoms with Crippen molar-refractivity contribution >= 4 is 27.1 Å². The van der Waals surface area contributed by atoms with Crippen LogP contribution in [0.3, 0.4) is 0 Å². The monoisotopic (exact) mass is 458 g/mol. The number of H-pyrrole nitrogens is 1. The molecule has 1 aromatic carbocycles. The average Bonchev–Trinajstić information content (AvgIpc) is 3.03. The average molecular weight is 459 g/mol. The molecule has 2 heterocycles. The Balaban J connectivity index is 2.16. The van der Waals surface area contributed by atoms with Crippen LogP contribution in [0.25, 0.3) is 0 Å². The fourth-order valence-corrected chi connectivity index (χ4v) is 4.05. The first-order valence-corrected chi connectivity index (χ1v) is 11.0. The molecule has 6 nitrogen and oxygen atoms in total. The van der Waals surface area contributed by atoms with E-state index in [0.717, 1.165) is 12.3 Å². The molecule has 1 atom stereocenters. The number of alkyl halides is 2. The van der Waals surface area contributed by atoms with Gasteiger partial charge in [0, 0.05) is 19.4 Å². The van der Waals surface area contributed by atoms with Gasteiger partial charge in [0.25, 0.3) is 5.92 Å². The molecule has 160 valence electrons. The van der Waals surface area contributed by atoms with E-state index >= 15 is 0 Å². The number of nitrogens with one attached hydrogen (secondary N) is 2. The molecule has 0 aliphatic heterocycles. The van der Waals surface area contributed by atoms with Gasteiger partial charge in [-0.1, -0.05) is 17.7 Å². The standard InChI is InChI=1S/C19H18ClF3N4O2S/c1-10-18(30(3,28)29)27-17(25-10)15(11-6-7-13(21)12(20)9-11)26-14-5-4-8-24-16(14)19(2,22)23/h4-9,15,26H,1-3H3,(H,25,27). The number of rotatable bonds is 6. The first-order valence-electron chi connectivity index (χ1n) is 8.69. The van der Waals surface area contributed by atoms with Gasteiger partial charge in [-0.3, -0.25) is 4.98 Å². The molecule has 3 rings (SSSR count). The van der Waals surface area contributed by atoms with Crippen LogP contribution in [0.1, 0.15) is 35.7 Å². The predicted molar refractivity (Wildman–Crippen MR) is 107 cm³/mol. The third-order valence-electron chi connectivity index (χ3n) is 4.28. The molecule has 2 aromatic heterocycles. The quantitative estimate of drug-likeness (QED) is 0.562. The van der Waals surface area contributed by atoms with Crippen LogP contribution in [-0.4, -0.2) is 29.6 Å². The van der Waals surface area contributed by atoms with E-state index < -0.39 is 33.3 Å². The van der Waals surface area contributed by atoms with E-state index in [4.69, 9.17) is 11.6 Å². The van der Waals surface area contributed by atoms with E-state index in [1.54, 1.807) is 0 Å². The van der Waals surface area contributed by atoms with E-state index in [0.29, 0.717) is 12.5 Å². The maximum Gasteiger partial charge on any atom is 0.289 e. The highest BCUT2D eigenvalue weighted by Crippen LogP contribution is 2.35. The van der Waals surface area contributed by atoms with Crippen molar-refractivity contribution in [1.29, 1.82) is 0 Å². The Hall–Kier alpha value is -2.59. The van der Waals surface area contributed by atoms with Crippen LogP contribution in [0.5, 0.6) is 0 Å². The second kappa shape index (κ2) is 7.92. The molecule has 0 spiro atoms. The van der Waals surface area contributed by atoms with Gasteiger partial charge in [-0.05, 0) is 36.8 Å². The topological polar surface area (TPSA) is 87.7 Å². The zero-order valence-electron chi connectivity index (χ0n) is 16.2. The molecule has 0 radical (unpaired) electrons. The molecule has 1 unspecified atom stereocenters. The summed E-state index contributed by atoms with van der Waals surface area (Å²) < 4.78 is 65.7. The number of aromatic nitrogens is 3. The smallest absolute Gasteiger partial charge is 0.289 e. The van der Waals surface area contributed by atoms with Crippen LogP contribution in [0.15, 0.2) is 41.6 Å². The number of hydrogen-bond acceptors (Lipinski definition) is 5. The summed E-state index contributed by atoms with van der Waals surface area (Å²) in [5, 5.41) is 2.55. The summed E-state index contributed by atoms with van der Waals surface area (Å²) in [6.45, 7) is 2.24. The van der Waals surface area contributed by atoms with Gasteiger partial charge >= 0.3 is 0 Å². The summed E-state index contributed by atoms with van der Waals surface area (Å²) in [4.78, 5) is 10.8. The number of sulfone groups is 1. The first-order chi connectivity index (χ1) is 13.9. The number of benzene rings is 1. The Morgan fingerprint density at radius 1 is 1.27 bits per heavy atom. The number of anilines is 1. The lowest BCUT2D eigenvalue weighted by Crippen LogP contribution is -2.19. The first kappa shape index (κ1) is 22.1. The Morgan fingerprint density at radius 3 is 2.53 bits per heavy atom. The summed E-state index contributed by atoms with van der Waals surface area (Å²) in [6.07, 6.45) is 2.24. The molecule has 0 amide bonds. The molecule has 0 bridgehead atoms. The SMILES string of the molecule is Cc1[nH]c(C(Nc2cccnc2C(C)(F)F)c2ccc(F)c(Cl)c2)nc1S(C)(=O)=O. The van der Waals surface area contributed by atoms with Gasteiger partial charge in [0.15, 0.2) is 14.9 Å². The van der Waals surface area contributed by atoms with Crippen molar-refractivity contribution in [3.63, 3.8) is 0 Å². The van der Waals surface area contributed by atoms with Crippen molar-refractivity contribution in [2.75, 3.05) is 11.6 Å². The fraction of sp³-hybridized carbons (Fsp3) is 0.263. The lowest BCUT2D eigenvalue weighted by molar-refractivity contribution is 0.0135. The Labute approximate surface area is 176 Å². The Kier molecular flexibility index (Phi) is 5.83. The minimum Gasteiger partial charge on any atom is -0.370 e. The van der Waals surface area contributed by atoms with Crippen LogP contribution in [0, 0.1) is 12.7 Å². The van der Waals surface area contributed by atoms with Crippen molar-refractivity contribution in [3.05, 3.63) is 70.1 Å². The van der Waals surface area contributed by atoms with Crippen molar-refractivity contribution in [2.45, 2.75) is 30.8 Å². The van der Waals surface area contributed by atoms with Gasteiger partial charge < -0.3 is 10.3 Å². The third kappa shape index (κ3) is 4.59. The summed E-state index contributed by atoms with van der Waals surface area (Å²) in [7, 11) is -3.64. The number of aromatic amines is 1. The lowest BCUT2D eigenvalue weighted by Gasteiger charge is -2.22. The van der Waals surface area contributed by atoms with E-state index in [1.807, 2.05) is 0 Å². The molecule has 11 heteroatoms. The van der Waals surface area contributed by atoms with Crippen LogP contribution in [0.2, 0.25) is 5.02 Å².